The molecule has 0 saturated heterocycles. The number of nitrogens with one attached hydrogen (secondary N) is 2. The summed E-state index contributed by atoms with van der Waals surface area (Å²) in [5.74, 6) is -0.946. The number of sulfonamides is 1. The number of halogens is 1. The Morgan fingerprint density at radius 3 is 2.52 bits per heavy atom. The molecule has 33 heavy (non-hydrogen) atoms. The van der Waals surface area contributed by atoms with Crippen LogP contribution in [0, 0.1) is 5.82 Å². The van der Waals surface area contributed by atoms with Gasteiger partial charge in [-0.05, 0) is 43.3 Å². The van der Waals surface area contributed by atoms with Crippen LogP contribution in [0.1, 0.15) is 29.5 Å². The molecule has 0 unspecified atom stereocenters. The molecule has 3 rings (SSSR count). The van der Waals surface area contributed by atoms with Crippen molar-refractivity contribution in [2.24, 2.45) is 0 Å². The van der Waals surface area contributed by atoms with Crippen molar-refractivity contribution < 1.29 is 22.4 Å². The van der Waals surface area contributed by atoms with Gasteiger partial charge in [0, 0.05) is 46.2 Å². The van der Waals surface area contributed by atoms with Gasteiger partial charge in [-0.15, -0.1) is 0 Å². The van der Waals surface area contributed by atoms with Gasteiger partial charge in [0.15, 0.2) is 0 Å². The lowest BCUT2D eigenvalue weighted by Crippen LogP contribution is -2.22. The fourth-order valence-corrected chi connectivity index (χ4v) is 4.36. The van der Waals surface area contributed by atoms with E-state index < -0.39 is 21.7 Å². The molecular formula is C22H26FN5O4S. The molecule has 176 valence electrons. The average Bonchev–Trinajstić information content (AvgIpc) is 3.15. The van der Waals surface area contributed by atoms with Crippen molar-refractivity contribution in [1.82, 2.24) is 19.2 Å². The van der Waals surface area contributed by atoms with Crippen molar-refractivity contribution in [2.45, 2.75) is 31.2 Å². The summed E-state index contributed by atoms with van der Waals surface area (Å²) in [6, 6.07) is 8.56. The molecule has 0 spiro atoms. The number of amides is 2. The van der Waals surface area contributed by atoms with Gasteiger partial charge in [0.25, 0.3) is 5.91 Å². The molecule has 0 aliphatic heterocycles. The molecule has 0 atom stereocenters. The van der Waals surface area contributed by atoms with Crippen molar-refractivity contribution in [3.63, 3.8) is 0 Å². The maximum absolute atomic E-state index is 13.8. The molecule has 3 aromatic rings. The number of aryl methyl sites for hydroxylation is 2. The molecule has 0 fully saturated rings. The molecule has 1 heterocycles. The summed E-state index contributed by atoms with van der Waals surface area (Å²) in [6.07, 6.45) is 0.409. The number of hydrogen-bond acceptors (Lipinski definition) is 5. The van der Waals surface area contributed by atoms with Gasteiger partial charge in [-0.3, -0.25) is 9.59 Å². The highest BCUT2D eigenvalue weighted by Crippen LogP contribution is 2.23. The third kappa shape index (κ3) is 5.04. The van der Waals surface area contributed by atoms with E-state index in [1.54, 1.807) is 12.1 Å². The molecule has 0 aliphatic carbocycles. The van der Waals surface area contributed by atoms with Gasteiger partial charge in [0.05, 0.1) is 21.5 Å². The lowest BCUT2D eigenvalue weighted by Gasteiger charge is -2.11. The van der Waals surface area contributed by atoms with Crippen LogP contribution in [0.4, 0.5) is 10.1 Å². The second-order valence-corrected chi connectivity index (χ2v) is 9.68. The monoisotopic (exact) mass is 475 g/mol. The van der Waals surface area contributed by atoms with Crippen molar-refractivity contribution in [1.29, 1.82) is 0 Å². The Labute approximate surface area is 191 Å². The Kier molecular flexibility index (Phi) is 7.13. The predicted molar refractivity (Wildman–Crippen MR) is 123 cm³/mol. The van der Waals surface area contributed by atoms with Crippen LogP contribution in [0.25, 0.3) is 11.0 Å². The van der Waals surface area contributed by atoms with Crippen LogP contribution in [-0.4, -0.2) is 55.2 Å². The third-order valence-corrected chi connectivity index (χ3v) is 7.00. The first-order chi connectivity index (χ1) is 15.6. The fourth-order valence-electron chi connectivity index (χ4n) is 3.43. The highest BCUT2D eigenvalue weighted by atomic mass is 32.2. The SMILES string of the molecule is CCn1c(CCC(=O)Nc2ccc(F)c(C(=O)NC)c2)nc2cc(S(=O)(=O)N(C)C)ccc21. The first kappa shape index (κ1) is 24.3. The highest BCUT2D eigenvalue weighted by Gasteiger charge is 2.20. The number of fused-ring (bicyclic) bond motifs is 1. The lowest BCUT2D eigenvalue weighted by atomic mass is 10.1. The first-order valence-electron chi connectivity index (χ1n) is 10.3. The van der Waals surface area contributed by atoms with Crippen molar-refractivity contribution in [3.8, 4) is 0 Å². The Morgan fingerprint density at radius 2 is 1.88 bits per heavy atom. The molecule has 2 amide bonds. The van der Waals surface area contributed by atoms with Crippen molar-refractivity contribution in [2.75, 3.05) is 26.5 Å². The van der Waals surface area contributed by atoms with Crippen LogP contribution in [-0.2, 0) is 27.8 Å². The smallest absolute Gasteiger partial charge is 0.254 e. The van der Waals surface area contributed by atoms with Crippen LogP contribution in [0.3, 0.4) is 0 Å². The molecule has 11 heteroatoms. The molecule has 0 radical (unpaired) electrons. The van der Waals surface area contributed by atoms with Gasteiger partial charge < -0.3 is 15.2 Å². The highest BCUT2D eigenvalue weighted by molar-refractivity contribution is 7.89. The van der Waals surface area contributed by atoms with Gasteiger partial charge in [0.1, 0.15) is 11.6 Å². The third-order valence-electron chi connectivity index (χ3n) is 5.19. The summed E-state index contributed by atoms with van der Waals surface area (Å²) in [7, 11) is 0.736. The maximum Gasteiger partial charge on any atom is 0.254 e. The summed E-state index contributed by atoms with van der Waals surface area (Å²) >= 11 is 0. The summed E-state index contributed by atoms with van der Waals surface area (Å²) < 4.78 is 41.7. The molecule has 2 aromatic carbocycles. The number of rotatable bonds is 8. The topological polar surface area (TPSA) is 113 Å². The number of benzene rings is 2. The molecule has 0 saturated carbocycles. The average molecular weight is 476 g/mol. The lowest BCUT2D eigenvalue weighted by molar-refractivity contribution is -0.116. The normalized spacial score (nSPS) is 11.7. The van der Waals surface area contributed by atoms with E-state index >= 15 is 0 Å². The molecule has 1 aromatic heterocycles. The predicted octanol–water partition coefficient (Wildman–Crippen LogP) is 2.38. The zero-order valence-corrected chi connectivity index (χ0v) is 19.7. The number of aromatic nitrogens is 2. The zero-order valence-electron chi connectivity index (χ0n) is 18.8. The molecule has 2 N–H and O–H groups in total. The quantitative estimate of drug-likeness (QED) is 0.519. The van der Waals surface area contributed by atoms with Gasteiger partial charge >= 0.3 is 0 Å². The second-order valence-electron chi connectivity index (χ2n) is 7.53. The van der Waals surface area contributed by atoms with E-state index in [0.717, 1.165) is 15.9 Å². The van der Waals surface area contributed by atoms with E-state index in [-0.39, 0.29) is 22.8 Å². The number of anilines is 1. The minimum absolute atomic E-state index is 0.0961. The van der Waals surface area contributed by atoms with E-state index in [9.17, 15) is 22.4 Å². The number of carbonyl (C=O) groups is 2. The Hall–Kier alpha value is -3.31. The number of carbonyl (C=O) groups excluding carboxylic acids is 2. The Bertz CT molecular complexity index is 1320. The van der Waals surface area contributed by atoms with Gasteiger partial charge in [-0.1, -0.05) is 0 Å². The van der Waals surface area contributed by atoms with E-state index in [2.05, 4.69) is 15.6 Å². The Balaban J connectivity index is 1.78. The largest absolute Gasteiger partial charge is 0.355 e. The van der Waals surface area contributed by atoms with Gasteiger partial charge in [-0.25, -0.2) is 22.1 Å². The Morgan fingerprint density at radius 1 is 1.15 bits per heavy atom. The molecule has 0 bridgehead atoms. The molecule has 9 nitrogen and oxygen atoms in total. The van der Waals surface area contributed by atoms with Gasteiger partial charge in [0.2, 0.25) is 15.9 Å². The summed E-state index contributed by atoms with van der Waals surface area (Å²) in [5, 5.41) is 5.01. The zero-order chi connectivity index (χ0) is 24.3. The second kappa shape index (κ2) is 9.67. The molecule has 0 aliphatic rings. The fraction of sp³-hybridized carbons (Fsp3) is 0.318. The van der Waals surface area contributed by atoms with E-state index in [4.69, 9.17) is 0 Å². The van der Waals surface area contributed by atoms with Gasteiger partial charge in [-0.2, -0.15) is 0 Å². The van der Waals surface area contributed by atoms with Crippen LogP contribution in [0.2, 0.25) is 0 Å². The summed E-state index contributed by atoms with van der Waals surface area (Å²) in [4.78, 5) is 28.9. The minimum atomic E-state index is -3.59. The maximum atomic E-state index is 13.8. The summed E-state index contributed by atoms with van der Waals surface area (Å²) in [6.45, 7) is 2.54. The molecular weight excluding hydrogens is 449 g/mol. The first-order valence-corrected chi connectivity index (χ1v) is 11.8. The van der Waals surface area contributed by atoms with E-state index in [0.29, 0.717) is 30.0 Å². The minimum Gasteiger partial charge on any atom is -0.355 e. The standard InChI is InChI=1S/C22H26FN5O4S/c1-5-28-19-9-7-15(33(31,32)27(3)4)13-18(19)26-20(28)10-11-21(29)25-14-6-8-17(23)16(12-14)22(30)24-2/h6-9,12-13H,5,10-11H2,1-4H3,(H,24,30)(H,25,29). The van der Waals surface area contributed by atoms with Crippen LogP contribution >= 0.6 is 0 Å². The summed E-state index contributed by atoms with van der Waals surface area (Å²) in [5.41, 5.74) is 1.46. The van der Waals surface area contributed by atoms with Crippen LogP contribution < -0.4 is 10.6 Å². The van der Waals surface area contributed by atoms with Crippen molar-refractivity contribution in [3.05, 3.63) is 53.6 Å². The number of imidazole rings is 1. The van der Waals surface area contributed by atoms with Crippen LogP contribution in [0.5, 0.6) is 0 Å². The number of hydrogen-bond donors (Lipinski definition) is 2. The van der Waals surface area contributed by atoms with Crippen molar-refractivity contribution >= 4 is 38.6 Å². The van der Waals surface area contributed by atoms with E-state index in [1.165, 1.54) is 39.3 Å². The number of nitrogens with zero attached hydrogens (tertiary/aromatic N) is 3. The van der Waals surface area contributed by atoms with E-state index in [1.807, 2.05) is 11.5 Å². The van der Waals surface area contributed by atoms with Crippen LogP contribution in [0.15, 0.2) is 41.3 Å².